The summed E-state index contributed by atoms with van der Waals surface area (Å²) in [5, 5.41) is 0. The molecule has 5 aromatic carbocycles. The fourth-order valence-corrected chi connectivity index (χ4v) is 13.9. The van der Waals surface area contributed by atoms with Crippen molar-refractivity contribution in [2.24, 2.45) is 0 Å². The second-order valence-corrected chi connectivity index (χ2v) is 21.1. The van der Waals surface area contributed by atoms with Crippen LogP contribution in [0.15, 0.2) is 158 Å². The van der Waals surface area contributed by atoms with Crippen LogP contribution in [0.3, 0.4) is 0 Å². The number of rotatable bonds is 17. The molecule has 4 nitrogen and oxygen atoms in total. The molecule has 5 aromatic heterocycles. The van der Waals surface area contributed by atoms with E-state index in [1.165, 1.54) is 106 Å². The molecule has 10 aromatic rings. The lowest BCUT2D eigenvalue weighted by atomic mass is 10.0. The van der Waals surface area contributed by atoms with Gasteiger partial charge in [0.1, 0.15) is 17.3 Å². The highest BCUT2D eigenvalue weighted by Crippen LogP contribution is 2.48. The molecule has 0 aliphatic heterocycles. The van der Waals surface area contributed by atoms with E-state index in [0.29, 0.717) is 5.56 Å². The van der Waals surface area contributed by atoms with Gasteiger partial charge in [0, 0.05) is 72.8 Å². The van der Waals surface area contributed by atoms with Crippen molar-refractivity contribution in [1.82, 2.24) is 8.75 Å². The van der Waals surface area contributed by atoms with E-state index in [1.807, 2.05) is 69.6 Å². The van der Waals surface area contributed by atoms with Crippen LogP contribution in [0.2, 0.25) is 0 Å². The average Bonchev–Trinajstić information content (AvgIpc) is 4.22. The van der Waals surface area contributed by atoms with Crippen molar-refractivity contribution < 1.29 is 4.79 Å². The van der Waals surface area contributed by atoms with Gasteiger partial charge in [-0.25, -0.2) is 0 Å². The Bertz CT molecular complexity index is 3130. The monoisotopic (exact) mass is 937 g/mol. The minimum atomic E-state index is 0.698. The molecular formula is C56H47N3OS5. The molecule has 0 unspecified atom stereocenters. The third kappa shape index (κ3) is 9.22. The Hall–Kier alpha value is -5.81. The summed E-state index contributed by atoms with van der Waals surface area (Å²) >= 11 is 8.70. The number of aldehydes is 1. The molecule has 0 aliphatic carbocycles. The Balaban J connectivity index is 0.919. The van der Waals surface area contributed by atoms with Gasteiger partial charge in [-0.15, -0.1) is 45.3 Å². The Kier molecular flexibility index (Phi) is 13.1. The number of fused-ring (bicyclic) bond motifs is 1. The molecule has 0 aliphatic rings. The van der Waals surface area contributed by atoms with Crippen molar-refractivity contribution in [1.29, 1.82) is 0 Å². The fourth-order valence-electron chi connectivity index (χ4n) is 8.51. The molecule has 0 radical (unpaired) electrons. The number of unbranched alkanes of at least 4 members (excludes halogenated alkanes) is 5. The Morgan fingerprint density at radius 2 is 1.00 bits per heavy atom. The van der Waals surface area contributed by atoms with Gasteiger partial charge in [0.2, 0.25) is 0 Å². The van der Waals surface area contributed by atoms with Crippen LogP contribution in [0.1, 0.15) is 66.9 Å². The van der Waals surface area contributed by atoms with Crippen LogP contribution in [0.25, 0.3) is 72.3 Å². The van der Waals surface area contributed by atoms with Crippen molar-refractivity contribution in [3.8, 4) is 61.3 Å². The lowest BCUT2D eigenvalue weighted by Gasteiger charge is -2.25. The first-order valence-electron chi connectivity index (χ1n) is 22.3. The van der Waals surface area contributed by atoms with E-state index in [4.69, 9.17) is 8.75 Å². The van der Waals surface area contributed by atoms with E-state index in [1.54, 1.807) is 0 Å². The first-order valence-corrected chi connectivity index (χ1v) is 26.3. The lowest BCUT2D eigenvalue weighted by Crippen LogP contribution is -2.09. The predicted octanol–water partition coefficient (Wildman–Crippen LogP) is 18.4. The van der Waals surface area contributed by atoms with Crippen LogP contribution in [0, 0.1) is 6.92 Å². The van der Waals surface area contributed by atoms with E-state index in [0.717, 1.165) is 57.5 Å². The number of hydrogen-bond acceptors (Lipinski definition) is 9. The SMILES string of the molecule is CCCCCCCCc1cc(-c2ccc(-c3cc(C)c(-c4ccc(-c5ccc(N(c6ccccc6)c6ccccc6)cc5)s4)s3)c3nsnc23)sc1-c1ccc(-c2ccc(C=O)cc2)s1. The number of aromatic nitrogens is 2. The predicted molar refractivity (Wildman–Crippen MR) is 283 cm³/mol. The van der Waals surface area contributed by atoms with E-state index in [-0.39, 0.29) is 0 Å². The number of hydrogen-bond donors (Lipinski definition) is 0. The zero-order chi connectivity index (χ0) is 44.1. The largest absolute Gasteiger partial charge is 0.311 e. The highest BCUT2D eigenvalue weighted by molar-refractivity contribution is 7.26. The van der Waals surface area contributed by atoms with Crippen molar-refractivity contribution in [2.75, 3.05) is 4.90 Å². The number of benzene rings is 5. The maximum Gasteiger partial charge on any atom is 0.150 e. The van der Waals surface area contributed by atoms with Gasteiger partial charge in [0.15, 0.2) is 0 Å². The van der Waals surface area contributed by atoms with Crippen LogP contribution in [-0.2, 0) is 6.42 Å². The van der Waals surface area contributed by atoms with Crippen LogP contribution >= 0.6 is 57.1 Å². The van der Waals surface area contributed by atoms with Crippen molar-refractivity contribution in [2.45, 2.75) is 58.8 Å². The third-order valence-electron chi connectivity index (χ3n) is 11.9. The first kappa shape index (κ1) is 43.1. The van der Waals surface area contributed by atoms with E-state index < -0.39 is 0 Å². The zero-order valence-corrected chi connectivity index (χ0v) is 40.4. The van der Waals surface area contributed by atoms with Gasteiger partial charge in [0.05, 0.1) is 11.7 Å². The standard InChI is InChI=1S/C56H47N3OS5/c1-3-4-5-6-7-10-15-41-35-52(64-56(41)50-33-31-47(62-50)39-22-20-38(36-60)21-23-39)46-29-28-45(53-54(46)58-65-57-53)51-34-37(2)55(63-51)49-32-30-48(61-49)40-24-26-44(27-25-40)59(42-16-11-8-12-17-42)43-18-13-9-14-19-43/h8-9,11-14,16-36H,3-7,10,15H2,1-2H3. The van der Waals surface area contributed by atoms with Gasteiger partial charge in [-0.3, -0.25) is 4.79 Å². The summed E-state index contributed by atoms with van der Waals surface area (Å²) in [5.41, 5.74) is 13.4. The summed E-state index contributed by atoms with van der Waals surface area (Å²) < 4.78 is 9.89. The van der Waals surface area contributed by atoms with Crippen LogP contribution in [-0.4, -0.2) is 15.0 Å². The summed E-state index contributed by atoms with van der Waals surface area (Å²) in [6.07, 6.45) is 9.59. The smallest absolute Gasteiger partial charge is 0.150 e. The van der Waals surface area contributed by atoms with Crippen molar-refractivity contribution in [3.63, 3.8) is 0 Å². The normalized spacial score (nSPS) is 11.4. The molecule has 5 heterocycles. The van der Waals surface area contributed by atoms with Crippen molar-refractivity contribution >= 4 is 91.5 Å². The molecule has 10 rings (SSSR count). The van der Waals surface area contributed by atoms with Gasteiger partial charge in [-0.1, -0.05) is 124 Å². The number of carbonyl (C=O) groups is 1. The topological polar surface area (TPSA) is 46.1 Å². The summed E-state index contributed by atoms with van der Waals surface area (Å²) in [5.74, 6) is 0. The minimum absolute atomic E-state index is 0.698. The fraction of sp³-hybridized carbons (Fsp3) is 0.161. The number of aryl methyl sites for hydroxylation is 2. The lowest BCUT2D eigenvalue weighted by molar-refractivity contribution is 0.112. The molecule has 322 valence electrons. The second-order valence-electron chi connectivity index (χ2n) is 16.3. The maximum atomic E-state index is 11.3. The molecule has 0 bridgehead atoms. The van der Waals surface area contributed by atoms with Crippen LogP contribution in [0.4, 0.5) is 17.1 Å². The number of carbonyl (C=O) groups excluding carboxylic acids is 1. The Labute approximate surface area is 401 Å². The molecule has 0 fully saturated rings. The molecular weight excluding hydrogens is 891 g/mol. The van der Waals surface area contributed by atoms with Crippen LogP contribution < -0.4 is 4.90 Å². The first-order chi connectivity index (χ1) is 32.0. The molecule has 0 N–H and O–H groups in total. The Morgan fingerprint density at radius 3 is 1.60 bits per heavy atom. The van der Waals surface area contributed by atoms with Gasteiger partial charge in [-0.2, -0.15) is 8.75 Å². The molecule has 65 heavy (non-hydrogen) atoms. The van der Waals surface area contributed by atoms with Gasteiger partial charge in [0.25, 0.3) is 0 Å². The van der Waals surface area contributed by atoms with E-state index >= 15 is 0 Å². The maximum absolute atomic E-state index is 11.3. The molecule has 0 amide bonds. The summed E-state index contributed by atoms with van der Waals surface area (Å²) in [6.45, 7) is 4.50. The van der Waals surface area contributed by atoms with Crippen LogP contribution in [0.5, 0.6) is 0 Å². The molecule has 0 saturated heterocycles. The quantitative estimate of drug-likeness (QED) is 0.0674. The molecule has 9 heteroatoms. The summed E-state index contributed by atoms with van der Waals surface area (Å²) in [4.78, 5) is 23.7. The van der Waals surface area contributed by atoms with E-state index in [9.17, 15) is 4.79 Å². The molecule has 0 spiro atoms. The number of anilines is 3. The second kappa shape index (κ2) is 19.7. The summed E-state index contributed by atoms with van der Waals surface area (Å²) in [6, 6.07) is 56.2. The molecule has 0 saturated carbocycles. The van der Waals surface area contributed by atoms with Gasteiger partial charge in [-0.05, 0) is 115 Å². The highest BCUT2D eigenvalue weighted by atomic mass is 32.1. The average molecular weight is 938 g/mol. The minimum Gasteiger partial charge on any atom is -0.311 e. The number of nitrogens with zero attached hydrogens (tertiary/aromatic N) is 3. The van der Waals surface area contributed by atoms with E-state index in [2.05, 4.69) is 152 Å². The summed E-state index contributed by atoms with van der Waals surface area (Å²) in [7, 11) is 0. The van der Waals surface area contributed by atoms with Gasteiger partial charge < -0.3 is 4.90 Å². The zero-order valence-electron chi connectivity index (χ0n) is 36.3. The van der Waals surface area contributed by atoms with Crippen molar-refractivity contribution in [3.05, 3.63) is 174 Å². The number of thiophene rings is 4. The number of para-hydroxylation sites is 2. The third-order valence-corrected chi connectivity index (χ3v) is 17.5. The van der Waals surface area contributed by atoms with Gasteiger partial charge >= 0.3 is 0 Å². The molecule has 0 atom stereocenters. The highest BCUT2D eigenvalue weighted by Gasteiger charge is 2.21. The Morgan fingerprint density at radius 1 is 0.492 bits per heavy atom.